The van der Waals surface area contributed by atoms with Gasteiger partial charge in [0.25, 0.3) is 0 Å². The smallest absolute Gasteiger partial charge is 0.110 e. The van der Waals surface area contributed by atoms with E-state index in [-0.39, 0.29) is 0 Å². The Morgan fingerprint density at radius 2 is 2.35 bits per heavy atom. The Bertz CT molecular complexity index is 685. The van der Waals surface area contributed by atoms with Crippen molar-refractivity contribution in [1.82, 2.24) is 14.8 Å². The lowest BCUT2D eigenvalue weighted by Gasteiger charge is -2.21. The highest BCUT2D eigenvalue weighted by molar-refractivity contribution is 7.12. The van der Waals surface area contributed by atoms with Gasteiger partial charge in [-0.3, -0.25) is 4.90 Å². The van der Waals surface area contributed by atoms with E-state index >= 15 is 0 Å². The summed E-state index contributed by atoms with van der Waals surface area (Å²) in [5.74, 6) is 0.739. The average Bonchev–Trinajstić information content (AvgIpc) is 3.23. The second-order valence-corrected chi connectivity index (χ2v) is 8.43. The van der Waals surface area contributed by atoms with Gasteiger partial charge in [-0.2, -0.15) is 5.26 Å². The average molecular weight is 347 g/mol. The fourth-order valence-corrected chi connectivity index (χ4v) is 4.88. The molecule has 0 saturated carbocycles. The summed E-state index contributed by atoms with van der Waals surface area (Å²) in [5.41, 5.74) is 3.10. The minimum absolute atomic E-state index is 0.739. The lowest BCUT2D eigenvalue weighted by atomic mass is 10.1. The number of thiophene rings is 1. The maximum atomic E-state index is 8.92. The van der Waals surface area contributed by atoms with Gasteiger partial charge in [0.05, 0.1) is 11.2 Å². The molecule has 0 N–H and O–H groups in total. The van der Waals surface area contributed by atoms with Gasteiger partial charge in [-0.1, -0.05) is 0 Å². The largest absolute Gasteiger partial charge is 0.301 e. The van der Waals surface area contributed by atoms with E-state index in [1.165, 1.54) is 21.9 Å². The summed E-state index contributed by atoms with van der Waals surface area (Å²) in [5, 5.41) is 8.92. The molecule has 1 fully saturated rings. The fraction of sp³-hybridized carbons (Fsp3) is 0.529. The van der Waals surface area contributed by atoms with Gasteiger partial charge in [-0.05, 0) is 45.0 Å². The summed E-state index contributed by atoms with van der Waals surface area (Å²) in [6, 6.07) is 6.24. The van der Waals surface area contributed by atoms with Crippen molar-refractivity contribution in [1.29, 1.82) is 5.26 Å². The van der Waals surface area contributed by atoms with Gasteiger partial charge >= 0.3 is 0 Å². The molecule has 2 aromatic rings. The molecule has 23 heavy (non-hydrogen) atoms. The summed E-state index contributed by atoms with van der Waals surface area (Å²) in [6.45, 7) is 7.54. The second-order valence-electron chi connectivity index (χ2n) is 6.33. The van der Waals surface area contributed by atoms with Crippen LogP contribution in [0.15, 0.2) is 17.6 Å². The van der Waals surface area contributed by atoms with E-state index in [0.29, 0.717) is 0 Å². The molecule has 0 spiro atoms. The highest BCUT2D eigenvalue weighted by Gasteiger charge is 2.24. The second kappa shape index (κ2) is 7.54. The van der Waals surface area contributed by atoms with Gasteiger partial charge in [-0.25, -0.2) is 4.98 Å². The molecule has 3 rings (SSSR count). The number of hydrogen-bond acceptors (Lipinski definition) is 6. The molecule has 3 heterocycles. The zero-order valence-corrected chi connectivity index (χ0v) is 15.3. The highest BCUT2D eigenvalue weighted by Crippen LogP contribution is 2.24. The number of thiazole rings is 1. The van der Waals surface area contributed by atoms with Gasteiger partial charge < -0.3 is 4.90 Å². The minimum atomic E-state index is 0.739. The fourth-order valence-electron chi connectivity index (χ4n) is 3.18. The van der Waals surface area contributed by atoms with Gasteiger partial charge in [0.15, 0.2) is 0 Å². The van der Waals surface area contributed by atoms with Crippen LogP contribution < -0.4 is 0 Å². The summed E-state index contributed by atoms with van der Waals surface area (Å²) >= 11 is 3.37. The van der Waals surface area contributed by atoms with E-state index in [2.05, 4.69) is 40.9 Å². The number of aryl methyl sites for hydroxylation is 1. The number of likely N-dealkylation sites (tertiary alicyclic amines) is 1. The third-order valence-corrected chi connectivity index (χ3v) is 6.24. The van der Waals surface area contributed by atoms with E-state index < -0.39 is 0 Å². The Morgan fingerprint density at radius 1 is 1.48 bits per heavy atom. The monoisotopic (exact) mass is 346 g/mol. The highest BCUT2D eigenvalue weighted by atomic mass is 32.1. The third kappa shape index (κ3) is 4.39. The van der Waals surface area contributed by atoms with Crippen LogP contribution in [0.25, 0.3) is 0 Å². The maximum absolute atomic E-state index is 8.92. The molecule has 1 saturated heterocycles. The molecule has 0 amide bonds. The van der Waals surface area contributed by atoms with E-state index in [0.717, 1.165) is 43.5 Å². The summed E-state index contributed by atoms with van der Waals surface area (Å²) in [4.78, 5) is 12.8. The van der Waals surface area contributed by atoms with Crippen LogP contribution in [-0.4, -0.2) is 41.5 Å². The van der Waals surface area contributed by atoms with Crippen molar-refractivity contribution in [2.24, 2.45) is 5.92 Å². The maximum Gasteiger partial charge on any atom is 0.110 e. The summed E-state index contributed by atoms with van der Waals surface area (Å²) in [7, 11) is 2.21. The predicted octanol–water partition coefficient (Wildman–Crippen LogP) is 3.34. The molecule has 1 aliphatic heterocycles. The molecular weight excluding hydrogens is 324 g/mol. The Kier molecular flexibility index (Phi) is 5.44. The van der Waals surface area contributed by atoms with Crippen LogP contribution in [0.2, 0.25) is 0 Å². The standard InChI is InChI=1S/C17H22N4S2/c1-13-17(22-12-19-13)11-20(2)8-14-5-6-21(9-14)10-16-4-3-15(7-18)23-16/h3-4,12,14H,5-6,8-11H2,1-2H3/t14-/m1/s1. The Balaban J connectivity index is 1.46. The normalized spacial score (nSPS) is 18.6. The Hall–Kier alpha value is -1.26. The lowest BCUT2D eigenvalue weighted by molar-refractivity contribution is 0.256. The topological polar surface area (TPSA) is 43.2 Å². The summed E-state index contributed by atoms with van der Waals surface area (Å²) in [6.07, 6.45) is 1.27. The minimum Gasteiger partial charge on any atom is -0.301 e. The van der Waals surface area contributed by atoms with Crippen LogP contribution in [0.4, 0.5) is 0 Å². The van der Waals surface area contributed by atoms with Crippen molar-refractivity contribution in [2.75, 3.05) is 26.7 Å². The van der Waals surface area contributed by atoms with Crippen LogP contribution in [0.5, 0.6) is 0 Å². The molecular formula is C17H22N4S2. The van der Waals surface area contributed by atoms with Crippen LogP contribution in [0.3, 0.4) is 0 Å². The van der Waals surface area contributed by atoms with Crippen LogP contribution in [-0.2, 0) is 13.1 Å². The first-order valence-corrected chi connectivity index (χ1v) is 9.62. The van der Waals surface area contributed by atoms with Crippen molar-refractivity contribution in [3.63, 3.8) is 0 Å². The van der Waals surface area contributed by atoms with E-state index in [1.807, 2.05) is 11.6 Å². The molecule has 6 heteroatoms. The number of nitrogens with zero attached hydrogens (tertiary/aromatic N) is 4. The van der Waals surface area contributed by atoms with Crippen molar-refractivity contribution in [3.8, 4) is 6.07 Å². The van der Waals surface area contributed by atoms with Crippen LogP contribution in [0, 0.1) is 24.2 Å². The third-order valence-electron chi connectivity index (χ3n) is 4.35. The molecule has 4 nitrogen and oxygen atoms in total. The zero-order valence-electron chi connectivity index (χ0n) is 13.7. The molecule has 1 atom stereocenters. The molecule has 0 bridgehead atoms. The van der Waals surface area contributed by atoms with E-state index in [1.54, 1.807) is 22.7 Å². The molecule has 0 aliphatic carbocycles. The van der Waals surface area contributed by atoms with Crippen LogP contribution >= 0.6 is 22.7 Å². The van der Waals surface area contributed by atoms with Gasteiger partial charge in [0.1, 0.15) is 10.9 Å². The summed E-state index contributed by atoms with van der Waals surface area (Å²) < 4.78 is 0. The first kappa shape index (κ1) is 16.6. The van der Waals surface area contributed by atoms with E-state index in [4.69, 9.17) is 5.26 Å². The zero-order chi connectivity index (χ0) is 16.2. The molecule has 122 valence electrons. The number of rotatable bonds is 6. The van der Waals surface area contributed by atoms with Crippen molar-refractivity contribution in [2.45, 2.75) is 26.4 Å². The molecule has 0 unspecified atom stereocenters. The molecule has 1 aliphatic rings. The first-order valence-electron chi connectivity index (χ1n) is 7.92. The number of hydrogen-bond donors (Lipinski definition) is 0. The van der Waals surface area contributed by atoms with Crippen molar-refractivity contribution < 1.29 is 0 Å². The quantitative estimate of drug-likeness (QED) is 0.804. The van der Waals surface area contributed by atoms with Crippen LogP contribution in [0.1, 0.15) is 26.7 Å². The molecule has 0 aromatic carbocycles. The Morgan fingerprint density at radius 3 is 3.04 bits per heavy atom. The van der Waals surface area contributed by atoms with Gasteiger partial charge in [0, 0.05) is 35.9 Å². The SMILES string of the molecule is Cc1ncsc1CN(C)C[C@H]1CCN(Cc2ccc(C#N)s2)C1. The van der Waals surface area contributed by atoms with E-state index in [9.17, 15) is 0 Å². The lowest BCUT2D eigenvalue weighted by Crippen LogP contribution is -2.27. The van der Waals surface area contributed by atoms with Crippen molar-refractivity contribution >= 4 is 22.7 Å². The van der Waals surface area contributed by atoms with Crippen molar-refractivity contribution in [3.05, 3.63) is 38.0 Å². The predicted molar refractivity (Wildman–Crippen MR) is 95.6 cm³/mol. The number of aromatic nitrogens is 1. The Labute approximate surface area is 146 Å². The van der Waals surface area contributed by atoms with Gasteiger partial charge in [-0.15, -0.1) is 22.7 Å². The van der Waals surface area contributed by atoms with Gasteiger partial charge in [0.2, 0.25) is 0 Å². The first-order chi connectivity index (χ1) is 11.1. The molecule has 2 aromatic heterocycles. The molecule has 0 radical (unpaired) electrons. The number of nitriles is 1.